The summed E-state index contributed by atoms with van der Waals surface area (Å²) in [5.41, 5.74) is 1.19. The summed E-state index contributed by atoms with van der Waals surface area (Å²) in [5, 5.41) is 4.25. The van der Waals surface area contributed by atoms with Gasteiger partial charge in [0.1, 0.15) is 5.82 Å². The molecule has 0 aliphatic rings. The number of rotatable bonds is 2. The first-order valence-electron chi connectivity index (χ1n) is 5.40. The molecule has 0 unspecified atom stereocenters. The molecule has 1 N–H and O–H groups in total. The lowest BCUT2D eigenvalue weighted by Gasteiger charge is -2.04. The number of halogens is 3. The highest BCUT2D eigenvalue weighted by Gasteiger charge is 2.08. The van der Waals surface area contributed by atoms with Crippen LogP contribution in [0, 0.1) is 5.82 Å². The van der Waals surface area contributed by atoms with Crippen LogP contribution in [0.3, 0.4) is 0 Å². The van der Waals surface area contributed by atoms with E-state index in [9.17, 15) is 4.39 Å². The van der Waals surface area contributed by atoms with Crippen molar-refractivity contribution < 1.29 is 4.39 Å². The van der Waals surface area contributed by atoms with E-state index in [1.165, 1.54) is 17.4 Å². The second kappa shape index (κ2) is 5.07. The molecule has 0 saturated carbocycles. The van der Waals surface area contributed by atoms with Crippen LogP contribution in [0.15, 0.2) is 40.9 Å². The molecule has 1 heterocycles. The molecule has 3 rings (SSSR count). The number of hydrogen-bond acceptors (Lipinski definition) is 3. The molecule has 0 amide bonds. The Bertz CT molecular complexity index is 759. The van der Waals surface area contributed by atoms with Crippen LogP contribution in [0.5, 0.6) is 0 Å². The minimum absolute atomic E-state index is 0.319. The Morgan fingerprint density at radius 1 is 1.21 bits per heavy atom. The largest absolute Gasteiger partial charge is 0.329 e. The average Bonchev–Trinajstić information content (AvgIpc) is 2.75. The first-order chi connectivity index (χ1) is 9.11. The Labute approximate surface area is 126 Å². The third kappa shape index (κ3) is 2.73. The van der Waals surface area contributed by atoms with Crippen LogP contribution in [0.2, 0.25) is 5.02 Å². The summed E-state index contributed by atoms with van der Waals surface area (Å²) >= 11 is 10.7. The molecule has 0 saturated heterocycles. The van der Waals surface area contributed by atoms with Gasteiger partial charge in [0.25, 0.3) is 0 Å². The van der Waals surface area contributed by atoms with Gasteiger partial charge in [-0.15, -0.1) is 0 Å². The van der Waals surface area contributed by atoms with Gasteiger partial charge in [0.05, 0.1) is 15.9 Å². The maximum Gasteiger partial charge on any atom is 0.188 e. The lowest BCUT2D eigenvalue weighted by Crippen LogP contribution is -1.92. The van der Waals surface area contributed by atoms with Crippen LogP contribution in [0.4, 0.5) is 15.2 Å². The van der Waals surface area contributed by atoms with Crippen LogP contribution in [-0.2, 0) is 0 Å². The fourth-order valence-corrected chi connectivity index (χ4v) is 3.05. The number of anilines is 2. The maximum atomic E-state index is 13.6. The molecule has 0 radical (unpaired) electrons. The predicted octanol–water partition coefficient (Wildman–Crippen LogP) is 5.59. The van der Waals surface area contributed by atoms with Crippen LogP contribution in [0.25, 0.3) is 10.2 Å². The lowest BCUT2D eigenvalue weighted by molar-refractivity contribution is 0.631. The molecular formula is C13H7BrClFN2S. The van der Waals surface area contributed by atoms with Gasteiger partial charge >= 0.3 is 0 Å². The predicted molar refractivity (Wildman–Crippen MR) is 82.0 cm³/mol. The van der Waals surface area contributed by atoms with Crippen molar-refractivity contribution in [3.63, 3.8) is 0 Å². The number of aromatic nitrogens is 1. The van der Waals surface area contributed by atoms with Gasteiger partial charge in [-0.1, -0.05) is 38.9 Å². The molecule has 6 heteroatoms. The van der Waals surface area contributed by atoms with E-state index in [2.05, 4.69) is 26.2 Å². The van der Waals surface area contributed by atoms with Gasteiger partial charge < -0.3 is 5.32 Å². The number of thiazole rings is 1. The van der Waals surface area contributed by atoms with Gasteiger partial charge in [-0.25, -0.2) is 9.37 Å². The Morgan fingerprint density at radius 2 is 2.05 bits per heavy atom. The first-order valence-corrected chi connectivity index (χ1v) is 7.39. The fourth-order valence-electron chi connectivity index (χ4n) is 1.66. The zero-order chi connectivity index (χ0) is 13.4. The standard InChI is InChI=1S/C13H7BrClFN2S/c14-7-1-3-9(16)10(5-7)17-13-18-11-6-8(15)2-4-12(11)19-13/h1-6H,(H,17,18). The van der Waals surface area contributed by atoms with Gasteiger partial charge in [-0.3, -0.25) is 0 Å². The second-order valence-corrected chi connectivity index (χ2v) is 6.26. The smallest absolute Gasteiger partial charge is 0.188 e. The van der Waals surface area contributed by atoms with Gasteiger partial charge in [0.2, 0.25) is 0 Å². The highest BCUT2D eigenvalue weighted by molar-refractivity contribution is 9.10. The molecule has 96 valence electrons. The molecule has 0 aliphatic heterocycles. The highest BCUT2D eigenvalue weighted by Crippen LogP contribution is 2.31. The Balaban J connectivity index is 1.98. The minimum atomic E-state index is -0.319. The zero-order valence-corrected chi connectivity index (χ0v) is 12.6. The van der Waals surface area contributed by atoms with Crippen molar-refractivity contribution in [1.29, 1.82) is 0 Å². The maximum absolute atomic E-state index is 13.6. The quantitative estimate of drug-likeness (QED) is 0.646. The van der Waals surface area contributed by atoms with Crippen molar-refractivity contribution in [2.75, 3.05) is 5.32 Å². The van der Waals surface area contributed by atoms with E-state index in [0.717, 1.165) is 14.7 Å². The van der Waals surface area contributed by atoms with Crippen molar-refractivity contribution in [3.8, 4) is 0 Å². The number of nitrogens with one attached hydrogen (secondary N) is 1. The van der Waals surface area contributed by atoms with Crippen molar-refractivity contribution in [3.05, 3.63) is 51.7 Å². The van der Waals surface area contributed by atoms with Crippen molar-refractivity contribution in [2.45, 2.75) is 0 Å². The fraction of sp³-hybridized carbons (Fsp3) is 0. The normalized spacial score (nSPS) is 10.9. The summed E-state index contributed by atoms with van der Waals surface area (Å²) in [4.78, 5) is 4.38. The number of nitrogens with zero attached hydrogens (tertiary/aromatic N) is 1. The summed E-state index contributed by atoms with van der Waals surface area (Å²) in [6, 6.07) is 10.2. The number of benzene rings is 2. The summed E-state index contributed by atoms with van der Waals surface area (Å²) in [6.07, 6.45) is 0. The Hall–Kier alpha value is -1.17. The number of fused-ring (bicyclic) bond motifs is 1. The van der Waals surface area contributed by atoms with E-state index < -0.39 is 0 Å². The Morgan fingerprint density at radius 3 is 2.89 bits per heavy atom. The molecular weight excluding hydrogens is 351 g/mol. The van der Waals surface area contributed by atoms with Gasteiger partial charge in [-0.05, 0) is 36.4 Å². The lowest BCUT2D eigenvalue weighted by atomic mass is 10.3. The van der Waals surface area contributed by atoms with Crippen LogP contribution >= 0.6 is 38.9 Å². The van der Waals surface area contributed by atoms with E-state index in [1.807, 2.05) is 12.1 Å². The molecule has 0 aliphatic carbocycles. The summed E-state index contributed by atoms with van der Waals surface area (Å²) in [7, 11) is 0. The van der Waals surface area contributed by atoms with E-state index in [4.69, 9.17) is 11.6 Å². The van der Waals surface area contributed by atoms with Crippen molar-refractivity contribution in [2.24, 2.45) is 0 Å². The molecule has 3 aromatic rings. The summed E-state index contributed by atoms with van der Waals surface area (Å²) in [6.45, 7) is 0. The summed E-state index contributed by atoms with van der Waals surface area (Å²) in [5.74, 6) is -0.319. The molecule has 0 fully saturated rings. The second-order valence-electron chi connectivity index (χ2n) is 3.88. The third-order valence-electron chi connectivity index (χ3n) is 2.52. The third-order valence-corrected chi connectivity index (χ3v) is 4.20. The molecule has 0 bridgehead atoms. The number of hydrogen-bond donors (Lipinski definition) is 1. The van der Waals surface area contributed by atoms with Crippen molar-refractivity contribution in [1.82, 2.24) is 4.98 Å². The molecule has 0 atom stereocenters. The monoisotopic (exact) mass is 356 g/mol. The van der Waals surface area contributed by atoms with Crippen molar-refractivity contribution >= 4 is 59.9 Å². The molecule has 0 spiro atoms. The molecule has 2 nitrogen and oxygen atoms in total. The van der Waals surface area contributed by atoms with E-state index in [-0.39, 0.29) is 5.82 Å². The van der Waals surface area contributed by atoms with Gasteiger partial charge in [-0.2, -0.15) is 0 Å². The summed E-state index contributed by atoms with van der Waals surface area (Å²) < 4.78 is 15.5. The first kappa shape index (κ1) is 12.8. The highest BCUT2D eigenvalue weighted by atomic mass is 79.9. The van der Waals surface area contributed by atoms with E-state index >= 15 is 0 Å². The molecule has 19 heavy (non-hydrogen) atoms. The van der Waals surface area contributed by atoms with Crippen LogP contribution in [0.1, 0.15) is 0 Å². The minimum Gasteiger partial charge on any atom is -0.329 e. The van der Waals surface area contributed by atoms with Gasteiger partial charge in [0.15, 0.2) is 5.13 Å². The van der Waals surface area contributed by atoms with Crippen LogP contribution in [-0.4, -0.2) is 4.98 Å². The van der Waals surface area contributed by atoms with E-state index in [1.54, 1.807) is 18.2 Å². The molecule has 1 aromatic heterocycles. The zero-order valence-electron chi connectivity index (χ0n) is 9.45. The Kier molecular flexibility index (Phi) is 3.43. The topological polar surface area (TPSA) is 24.9 Å². The van der Waals surface area contributed by atoms with Crippen LogP contribution < -0.4 is 5.32 Å². The van der Waals surface area contributed by atoms with Gasteiger partial charge in [0, 0.05) is 9.50 Å². The average molecular weight is 358 g/mol. The van der Waals surface area contributed by atoms with E-state index in [0.29, 0.717) is 15.8 Å². The SMILES string of the molecule is Fc1ccc(Br)cc1Nc1nc2cc(Cl)ccc2s1. The molecule has 2 aromatic carbocycles.